The van der Waals surface area contributed by atoms with Crippen molar-refractivity contribution in [1.82, 2.24) is 14.8 Å². The van der Waals surface area contributed by atoms with Gasteiger partial charge >= 0.3 is 0 Å². The normalized spacial score (nSPS) is 10.5. The molecule has 0 saturated carbocycles. The summed E-state index contributed by atoms with van der Waals surface area (Å²) in [5, 5.41) is 11.8. The standard InChI is InChI=1S/C22H25N5O5S/c1-5-27-21(13-10-16(30-2)19(32-4)17(11-13)31-3)25-26-22(27)33-12-18(28)24-15-9-7-6-8-14(15)20(23)29/h6-11H,5,12H2,1-4H3,(H2,23,29)(H,24,28). The van der Waals surface area contributed by atoms with E-state index in [-0.39, 0.29) is 17.2 Å². The second kappa shape index (κ2) is 10.7. The van der Waals surface area contributed by atoms with Crippen LogP contribution in [0.5, 0.6) is 17.2 Å². The van der Waals surface area contributed by atoms with Crippen molar-refractivity contribution in [2.75, 3.05) is 32.4 Å². The lowest BCUT2D eigenvalue weighted by molar-refractivity contribution is -0.113. The molecule has 0 aliphatic heterocycles. The first-order valence-electron chi connectivity index (χ1n) is 9.98. The molecule has 11 heteroatoms. The zero-order valence-corrected chi connectivity index (χ0v) is 19.6. The van der Waals surface area contributed by atoms with Gasteiger partial charge in [-0.2, -0.15) is 0 Å². The molecule has 3 rings (SSSR count). The van der Waals surface area contributed by atoms with Crippen molar-refractivity contribution in [2.24, 2.45) is 5.73 Å². The maximum atomic E-state index is 12.5. The van der Waals surface area contributed by atoms with Gasteiger partial charge in [0.25, 0.3) is 5.91 Å². The number of thioether (sulfide) groups is 1. The number of hydrogen-bond acceptors (Lipinski definition) is 8. The van der Waals surface area contributed by atoms with Gasteiger partial charge in [-0.15, -0.1) is 10.2 Å². The van der Waals surface area contributed by atoms with E-state index in [0.717, 1.165) is 5.56 Å². The fourth-order valence-electron chi connectivity index (χ4n) is 3.23. The van der Waals surface area contributed by atoms with Crippen molar-refractivity contribution >= 4 is 29.3 Å². The van der Waals surface area contributed by atoms with Crippen LogP contribution in [-0.4, -0.2) is 53.7 Å². The van der Waals surface area contributed by atoms with Crippen LogP contribution in [-0.2, 0) is 11.3 Å². The highest BCUT2D eigenvalue weighted by molar-refractivity contribution is 7.99. The molecule has 10 nitrogen and oxygen atoms in total. The number of rotatable bonds is 10. The third-order valence-electron chi connectivity index (χ3n) is 4.75. The van der Waals surface area contributed by atoms with Crippen molar-refractivity contribution in [2.45, 2.75) is 18.6 Å². The van der Waals surface area contributed by atoms with Crippen molar-refractivity contribution in [3.63, 3.8) is 0 Å². The maximum Gasteiger partial charge on any atom is 0.250 e. The van der Waals surface area contributed by atoms with Gasteiger partial charge in [-0.25, -0.2) is 0 Å². The van der Waals surface area contributed by atoms with Gasteiger partial charge in [-0.3, -0.25) is 9.59 Å². The first-order valence-corrected chi connectivity index (χ1v) is 11.0. The van der Waals surface area contributed by atoms with E-state index in [1.54, 1.807) is 50.6 Å². The molecule has 1 aromatic heterocycles. The van der Waals surface area contributed by atoms with E-state index in [1.165, 1.54) is 18.9 Å². The smallest absolute Gasteiger partial charge is 0.250 e. The van der Waals surface area contributed by atoms with Crippen LogP contribution in [0.25, 0.3) is 11.4 Å². The average Bonchev–Trinajstić information content (AvgIpc) is 3.24. The van der Waals surface area contributed by atoms with Gasteiger partial charge in [0, 0.05) is 12.1 Å². The van der Waals surface area contributed by atoms with Crippen LogP contribution in [0.2, 0.25) is 0 Å². The van der Waals surface area contributed by atoms with Crippen LogP contribution in [0.3, 0.4) is 0 Å². The maximum absolute atomic E-state index is 12.5. The number of benzene rings is 2. The van der Waals surface area contributed by atoms with Crippen LogP contribution in [0.1, 0.15) is 17.3 Å². The molecule has 3 aromatic rings. The summed E-state index contributed by atoms with van der Waals surface area (Å²) < 4.78 is 18.1. The molecule has 174 valence electrons. The first kappa shape index (κ1) is 23.9. The fourth-order valence-corrected chi connectivity index (χ4v) is 4.03. The Kier molecular flexibility index (Phi) is 7.78. The number of amides is 2. The molecular formula is C22H25N5O5S. The molecule has 0 radical (unpaired) electrons. The molecule has 3 N–H and O–H groups in total. The van der Waals surface area contributed by atoms with Gasteiger partial charge in [0.2, 0.25) is 11.7 Å². The van der Waals surface area contributed by atoms with Crippen molar-refractivity contribution in [3.05, 3.63) is 42.0 Å². The second-order valence-corrected chi connectivity index (χ2v) is 7.65. The lowest BCUT2D eigenvalue weighted by Crippen LogP contribution is -2.19. The number of nitrogens with zero attached hydrogens (tertiary/aromatic N) is 3. The topological polar surface area (TPSA) is 131 Å². The number of primary amides is 1. The Morgan fingerprint density at radius 3 is 2.30 bits per heavy atom. The van der Waals surface area contributed by atoms with Gasteiger partial charge in [0.15, 0.2) is 22.5 Å². The Labute approximate surface area is 195 Å². The van der Waals surface area contributed by atoms with Gasteiger partial charge in [-0.05, 0) is 31.2 Å². The minimum absolute atomic E-state index is 0.0699. The Bertz CT molecular complexity index is 1140. The average molecular weight is 472 g/mol. The monoisotopic (exact) mass is 471 g/mol. The minimum atomic E-state index is -0.612. The number of aromatic nitrogens is 3. The minimum Gasteiger partial charge on any atom is -0.493 e. The van der Waals surface area contributed by atoms with Gasteiger partial charge in [0.05, 0.1) is 38.3 Å². The number of nitrogens with one attached hydrogen (secondary N) is 1. The van der Waals surface area contributed by atoms with E-state index >= 15 is 0 Å². The number of ether oxygens (including phenoxy) is 3. The molecule has 0 bridgehead atoms. The SMILES string of the molecule is CCn1c(SCC(=O)Nc2ccccc2C(N)=O)nnc1-c1cc(OC)c(OC)c(OC)c1. The summed E-state index contributed by atoms with van der Waals surface area (Å²) in [4.78, 5) is 24.0. The molecule has 0 fully saturated rings. The number of carbonyl (C=O) groups excluding carboxylic acids is 2. The van der Waals surface area contributed by atoms with E-state index in [2.05, 4.69) is 15.5 Å². The molecule has 33 heavy (non-hydrogen) atoms. The summed E-state index contributed by atoms with van der Waals surface area (Å²) >= 11 is 1.23. The van der Waals surface area contributed by atoms with Crippen molar-refractivity contribution < 1.29 is 23.8 Å². The Hall–Kier alpha value is -3.73. The quantitative estimate of drug-likeness (QED) is 0.432. The van der Waals surface area contributed by atoms with Gasteiger partial charge < -0.3 is 29.8 Å². The highest BCUT2D eigenvalue weighted by atomic mass is 32.2. The number of hydrogen-bond donors (Lipinski definition) is 2. The van der Waals surface area contributed by atoms with Crippen molar-refractivity contribution in [3.8, 4) is 28.6 Å². The van der Waals surface area contributed by atoms with Gasteiger partial charge in [0.1, 0.15) is 0 Å². The summed E-state index contributed by atoms with van der Waals surface area (Å²) in [6, 6.07) is 10.2. The predicted octanol–water partition coefficient (Wildman–Crippen LogP) is 2.82. The third kappa shape index (κ3) is 5.20. The van der Waals surface area contributed by atoms with E-state index in [9.17, 15) is 9.59 Å². The molecule has 0 spiro atoms. The molecule has 2 aromatic carbocycles. The number of nitrogens with two attached hydrogens (primary N) is 1. The van der Waals surface area contributed by atoms with Crippen molar-refractivity contribution in [1.29, 1.82) is 0 Å². The molecule has 0 unspecified atom stereocenters. The van der Waals surface area contributed by atoms with E-state index in [0.29, 0.717) is 40.5 Å². The predicted molar refractivity (Wildman–Crippen MR) is 125 cm³/mol. The lowest BCUT2D eigenvalue weighted by atomic mass is 10.1. The second-order valence-electron chi connectivity index (χ2n) is 6.71. The Balaban J connectivity index is 1.81. The summed E-state index contributed by atoms with van der Waals surface area (Å²) in [5.41, 5.74) is 6.71. The van der Waals surface area contributed by atoms with Crippen LogP contribution in [0.15, 0.2) is 41.6 Å². The summed E-state index contributed by atoms with van der Waals surface area (Å²) in [6.07, 6.45) is 0. The molecule has 0 atom stereocenters. The van der Waals surface area contributed by atoms with Crippen LogP contribution >= 0.6 is 11.8 Å². The van der Waals surface area contributed by atoms with E-state index in [1.807, 2.05) is 11.5 Å². The summed E-state index contributed by atoms with van der Waals surface area (Å²) in [6.45, 7) is 2.53. The van der Waals surface area contributed by atoms with Crippen LogP contribution in [0, 0.1) is 0 Å². The molecular weight excluding hydrogens is 446 g/mol. The highest BCUT2D eigenvalue weighted by Crippen LogP contribution is 2.41. The van der Waals surface area contributed by atoms with Crippen LogP contribution in [0.4, 0.5) is 5.69 Å². The largest absolute Gasteiger partial charge is 0.493 e. The zero-order chi connectivity index (χ0) is 24.0. The number of para-hydroxylation sites is 1. The van der Waals surface area contributed by atoms with Crippen LogP contribution < -0.4 is 25.3 Å². The number of anilines is 1. The van der Waals surface area contributed by atoms with Gasteiger partial charge in [-0.1, -0.05) is 23.9 Å². The van der Waals surface area contributed by atoms with E-state index in [4.69, 9.17) is 19.9 Å². The lowest BCUT2D eigenvalue weighted by Gasteiger charge is -2.14. The zero-order valence-electron chi connectivity index (χ0n) is 18.7. The summed E-state index contributed by atoms with van der Waals surface area (Å²) in [7, 11) is 4.63. The Morgan fingerprint density at radius 1 is 1.06 bits per heavy atom. The molecule has 0 aliphatic carbocycles. The molecule has 2 amide bonds. The Morgan fingerprint density at radius 2 is 1.73 bits per heavy atom. The first-order chi connectivity index (χ1) is 15.9. The number of methoxy groups -OCH3 is 3. The number of carbonyl (C=O) groups is 2. The highest BCUT2D eigenvalue weighted by Gasteiger charge is 2.20. The fraction of sp³-hybridized carbons (Fsp3) is 0.273. The molecule has 0 aliphatic rings. The molecule has 1 heterocycles. The summed E-state index contributed by atoms with van der Waals surface area (Å²) in [5.74, 6) is 1.24. The van der Waals surface area contributed by atoms with E-state index < -0.39 is 5.91 Å². The molecule has 0 saturated heterocycles. The third-order valence-corrected chi connectivity index (χ3v) is 5.72.